The Bertz CT molecular complexity index is 830. The number of nitrogens with one attached hydrogen (secondary N) is 1. The minimum absolute atomic E-state index is 0. The second-order valence-corrected chi connectivity index (χ2v) is 8.90. The van der Waals surface area contributed by atoms with Crippen molar-refractivity contribution in [3.05, 3.63) is 53.0 Å². The highest BCUT2D eigenvalue weighted by Crippen LogP contribution is 2.41. The van der Waals surface area contributed by atoms with Gasteiger partial charge in [0.25, 0.3) is 0 Å². The van der Waals surface area contributed by atoms with Crippen molar-refractivity contribution >= 4 is 30.6 Å². The Morgan fingerprint density at radius 1 is 0.967 bits per heavy atom. The van der Waals surface area contributed by atoms with Gasteiger partial charge in [-0.05, 0) is 62.7 Å². The third kappa shape index (κ3) is 5.64. The largest absolute Gasteiger partial charge is 0.366 e. The van der Waals surface area contributed by atoms with Gasteiger partial charge in [-0.2, -0.15) is 0 Å². The molecule has 0 radical (unpaired) electrons. The van der Waals surface area contributed by atoms with Gasteiger partial charge in [0.05, 0.1) is 0 Å². The van der Waals surface area contributed by atoms with Crippen LogP contribution < -0.4 is 11.1 Å². The molecule has 1 saturated heterocycles. The molecule has 7 heteroatoms. The second-order valence-electron chi connectivity index (χ2n) is 8.90. The second kappa shape index (κ2) is 10.3. The number of likely N-dealkylation sites (tertiary alicyclic amines) is 1. The van der Waals surface area contributed by atoms with Crippen LogP contribution in [-0.4, -0.2) is 34.0 Å². The summed E-state index contributed by atoms with van der Waals surface area (Å²) in [6.07, 6.45) is 7.24. The molecular weight excluding hydrogens is 417 g/mol. The predicted octanol–water partition coefficient (Wildman–Crippen LogP) is 4.61. The fourth-order valence-electron chi connectivity index (χ4n) is 4.44. The van der Waals surface area contributed by atoms with E-state index < -0.39 is 0 Å². The molecule has 0 unspecified atom stereocenters. The highest BCUT2D eigenvalue weighted by atomic mass is 35.5. The first-order valence-corrected chi connectivity index (χ1v) is 10.9. The Morgan fingerprint density at radius 2 is 1.70 bits per heavy atom. The topological polar surface area (TPSA) is 67.1 Å². The molecule has 2 heterocycles. The lowest BCUT2D eigenvalue weighted by Crippen LogP contribution is -2.35. The average molecular weight is 450 g/mol. The van der Waals surface area contributed by atoms with Crippen LogP contribution in [-0.2, 0) is 13.1 Å². The van der Waals surface area contributed by atoms with Crippen LogP contribution in [0.4, 0.5) is 5.82 Å². The van der Waals surface area contributed by atoms with E-state index >= 15 is 0 Å². The lowest BCUT2D eigenvalue weighted by Gasteiger charge is -2.32. The molecule has 0 amide bonds. The van der Waals surface area contributed by atoms with Gasteiger partial charge in [-0.1, -0.05) is 24.3 Å². The maximum absolute atomic E-state index is 6.00. The van der Waals surface area contributed by atoms with Crippen molar-refractivity contribution in [1.29, 1.82) is 0 Å². The molecule has 3 fully saturated rings. The maximum Gasteiger partial charge on any atom is 0.134 e. The van der Waals surface area contributed by atoms with Crippen molar-refractivity contribution in [1.82, 2.24) is 14.9 Å². The number of halogens is 2. The summed E-state index contributed by atoms with van der Waals surface area (Å²) >= 11 is 0. The van der Waals surface area contributed by atoms with Crippen molar-refractivity contribution in [2.45, 2.75) is 69.5 Å². The highest BCUT2D eigenvalue weighted by Gasteiger charge is 2.32. The fourth-order valence-corrected chi connectivity index (χ4v) is 4.44. The summed E-state index contributed by atoms with van der Waals surface area (Å²) in [7, 11) is 0. The number of aromatic nitrogens is 2. The van der Waals surface area contributed by atoms with Crippen LogP contribution in [0.5, 0.6) is 0 Å². The summed E-state index contributed by atoms with van der Waals surface area (Å²) in [5.74, 6) is 3.08. The first-order chi connectivity index (χ1) is 13.7. The van der Waals surface area contributed by atoms with Gasteiger partial charge in [0.1, 0.15) is 11.6 Å². The van der Waals surface area contributed by atoms with Gasteiger partial charge in [0, 0.05) is 42.7 Å². The maximum atomic E-state index is 6.00. The highest BCUT2D eigenvalue weighted by molar-refractivity contribution is 5.85. The molecule has 3 aliphatic rings. The van der Waals surface area contributed by atoms with Crippen molar-refractivity contribution in [2.24, 2.45) is 5.73 Å². The molecule has 2 aliphatic carbocycles. The van der Waals surface area contributed by atoms with Crippen molar-refractivity contribution in [3.8, 4) is 0 Å². The minimum atomic E-state index is 0. The summed E-state index contributed by atoms with van der Waals surface area (Å²) in [4.78, 5) is 12.2. The summed E-state index contributed by atoms with van der Waals surface area (Å²) in [6, 6.07) is 11.5. The van der Waals surface area contributed by atoms with Crippen LogP contribution in [0.1, 0.15) is 73.0 Å². The lowest BCUT2D eigenvalue weighted by atomic mass is 9.78. The van der Waals surface area contributed by atoms with E-state index in [4.69, 9.17) is 15.7 Å². The molecule has 5 nitrogen and oxygen atoms in total. The molecule has 30 heavy (non-hydrogen) atoms. The molecule has 1 aromatic heterocycles. The molecule has 2 aromatic rings. The molecule has 2 saturated carbocycles. The van der Waals surface area contributed by atoms with E-state index in [1.54, 1.807) is 0 Å². The standard InChI is InChI=1S/C23H31N5.2ClH/c24-20-11-19(12-20)21-13-22(27-23(26-21)18-6-7-18)25-14-16-4-3-5-17(10-16)15-28-8-1-2-9-28;;/h3-5,10,13,18-20H,1-2,6-9,11-12,14-15,24H2,(H,25,26,27);2*1H. The van der Waals surface area contributed by atoms with Crippen LogP contribution in [0.3, 0.4) is 0 Å². The van der Waals surface area contributed by atoms with E-state index in [0.717, 1.165) is 37.6 Å². The Hall–Kier alpha value is -1.40. The molecular formula is C23H33Cl2N5. The number of hydrogen-bond donors (Lipinski definition) is 2. The van der Waals surface area contributed by atoms with Gasteiger partial charge in [-0.3, -0.25) is 4.90 Å². The normalized spacial score (nSPS) is 23.2. The number of nitrogens with two attached hydrogens (primary N) is 1. The number of hydrogen-bond acceptors (Lipinski definition) is 5. The Morgan fingerprint density at radius 3 is 2.40 bits per heavy atom. The molecule has 1 aromatic carbocycles. The van der Waals surface area contributed by atoms with Gasteiger partial charge in [-0.15, -0.1) is 24.8 Å². The predicted molar refractivity (Wildman–Crippen MR) is 127 cm³/mol. The quantitative estimate of drug-likeness (QED) is 0.645. The third-order valence-corrected chi connectivity index (χ3v) is 6.37. The van der Waals surface area contributed by atoms with Crippen molar-refractivity contribution in [2.75, 3.05) is 18.4 Å². The molecule has 164 valence electrons. The Balaban J connectivity index is 0.00000128. The van der Waals surface area contributed by atoms with E-state index in [1.165, 1.54) is 55.6 Å². The molecule has 0 bridgehead atoms. The molecule has 3 N–H and O–H groups in total. The number of benzene rings is 1. The third-order valence-electron chi connectivity index (χ3n) is 6.37. The van der Waals surface area contributed by atoms with Crippen LogP contribution >= 0.6 is 24.8 Å². The minimum Gasteiger partial charge on any atom is -0.366 e. The van der Waals surface area contributed by atoms with E-state index in [2.05, 4.69) is 40.5 Å². The van der Waals surface area contributed by atoms with Gasteiger partial charge in [-0.25, -0.2) is 9.97 Å². The molecule has 0 atom stereocenters. The first kappa shape index (κ1) is 23.3. The summed E-state index contributed by atoms with van der Waals surface area (Å²) in [6.45, 7) is 4.35. The van der Waals surface area contributed by atoms with E-state index in [1.807, 2.05) is 0 Å². The zero-order valence-electron chi connectivity index (χ0n) is 17.4. The van der Waals surface area contributed by atoms with Gasteiger partial charge in [0.2, 0.25) is 0 Å². The summed E-state index contributed by atoms with van der Waals surface area (Å²) in [5.41, 5.74) is 9.91. The van der Waals surface area contributed by atoms with Crippen LogP contribution in [0.25, 0.3) is 0 Å². The Labute approximate surface area is 192 Å². The monoisotopic (exact) mass is 449 g/mol. The SMILES string of the molecule is Cl.Cl.NC1CC(c2cc(NCc3cccc(CN4CCCC4)c3)nc(C3CC3)n2)C1. The van der Waals surface area contributed by atoms with Gasteiger partial charge in [0.15, 0.2) is 0 Å². The molecule has 5 rings (SSSR count). The van der Waals surface area contributed by atoms with E-state index in [9.17, 15) is 0 Å². The smallest absolute Gasteiger partial charge is 0.134 e. The first-order valence-electron chi connectivity index (χ1n) is 10.9. The van der Waals surface area contributed by atoms with Gasteiger partial charge >= 0.3 is 0 Å². The van der Waals surface area contributed by atoms with Gasteiger partial charge < -0.3 is 11.1 Å². The average Bonchev–Trinajstić information content (AvgIpc) is 3.42. The molecule has 1 aliphatic heterocycles. The van der Waals surface area contributed by atoms with Crippen LogP contribution in [0.2, 0.25) is 0 Å². The zero-order chi connectivity index (χ0) is 18.9. The van der Waals surface area contributed by atoms with E-state index in [0.29, 0.717) is 17.9 Å². The number of nitrogens with zero attached hydrogens (tertiary/aromatic N) is 3. The lowest BCUT2D eigenvalue weighted by molar-refractivity contribution is 0.331. The number of rotatable bonds is 7. The van der Waals surface area contributed by atoms with E-state index in [-0.39, 0.29) is 24.8 Å². The zero-order valence-corrected chi connectivity index (χ0v) is 19.1. The summed E-state index contributed by atoms with van der Waals surface area (Å²) < 4.78 is 0. The Kier molecular flexibility index (Phi) is 7.97. The van der Waals surface area contributed by atoms with Crippen LogP contribution in [0, 0.1) is 0 Å². The molecule has 0 spiro atoms. The summed E-state index contributed by atoms with van der Waals surface area (Å²) in [5, 5.41) is 3.56. The van der Waals surface area contributed by atoms with Crippen molar-refractivity contribution < 1.29 is 0 Å². The van der Waals surface area contributed by atoms with Crippen LogP contribution in [0.15, 0.2) is 30.3 Å². The number of anilines is 1. The fraction of sp³-hybridized carbons (Fsp3) is 0.565. The van der Waals surface area contributed by atoms with Crippen molar-refractivity contribution in [3.63, 3.8) is 0 Å².